The molecule has 0 aromatic heterocycles. The van der Waals surface area contributed by atoms with Gasteiger partial charge in [0.25, 0.3) is 0 Å². The van der Waals surface area contributed by atoms with Crippen LogP contribution in [0.4, 0.5) is 5.69 Å². The average Bonchev–Trinajstić information content (AvgIpc) is 2.50. The third-order valence-electron chi connectivity index (χ3n) is 4.15. The van der Waals surface area contributed by atoms with Gasteiger partial charge in [-0.05, 0) is 37.3 Å². The van der Waals surface area contributed by atoms with Gasteiger partial charge in [-0.3, -0.25) is 0 Å². The summed E-state index contributed by atoms with van der Waals surface area (Å²) in [4.78, 5) is 2.53. The van der Waals surface area contributed by atoms with Gasteiger partial charge in [0, 0.05) is 30.2 Å². The molecule has 2 rings (SSSR count). The van der Waals surface area contributed by atoms with Crippen molar-refractivity contribution < 1.29 is 0 Å². The maximum absolute atomic E-state index is 5.89. The van der Waals surface area contributed by atoms with Gasteiger partial charge in [-0.1, -0.05) is 50.1 Å². The van der Waals surface area contributed by atoms with Gasteiger partial charge >= 0.3 is 0 Å². The van der Waals surface area contributed by atoms with E-state index in [1.807, 2.05) is 0 Å². The van der Waals surface area contributed by atoms with Gasteiger partial charge in [-0.15, -0.1) is 0 Å². The molecule has 0 amide bonds. The zero-order chi connectivity index (χ0) is 15.2. The molecule has 21 heavy (non-hydrogen) atoms. The predicted molar refractivity (Wildman–Crippen MR) is 93.8 cm³/mol. The van der Waals surface area contributed by atoms with Crippen molar-refractivity contribution in [1.29, 1.82) is 0 Å². The topological polar surface area (TPSA) is 29.3 Å². The maximum Gasteiger partial charge on any atom is 0.0448 e. The lowest BCUT2D eigenvalue weighted by Gasteiger charge is -2.30. The van der Waals surface area contributed by atoms with E-state index in [-0.39, 0.29) is 0 Å². The minimum atomic E-state index is 0.508. The first-order chi connectivity index (χ1) is 10.2. The highest BCUT2D eigenvalue weighted by Crippen LogP contribution is 2.31. The first-order valence-corrected chi connectivity index (χ1v) is 8.16. The van der Waals surface area contributed by atoms with Crippen LogP contribution in [0.25, 0.3) is 10.8 Å². The van der Waals surface area contributed by atoms with Crippen molar-refractivity contribution in [2.24, 2.45) is 5.73 Å². The molecule has 0 saturated heterocycles. The number of hydrogen-bond donors (Lipinski definition) is 1. The maximum atomic E-state index is 5.89. The fourth-order valence-corrected chi connectivity index (χ4v) is 2.96. The summed E-state index contributed by atoms with van der Waals surface area (Å²) in [7, 11) is 0. The van der Waals surface area contributed by atoms with E-state index in [2.05, 4.69) is 62.1 Å². The number of rotatable bonds is 7. The van der Waals surface area contributed by atoms with Crippen molar-refractivity contribution in [2.45, 2.75) is 52.6 Å². The molecular weight excluding hydrogens is 256 g/mol. The van der Waals surface area contributed by atoms with E-state index in [0.29, 0.717) is 12.6 Å². The molecule has 0 unspecified atom stereocenters. The number of nitrogens with zero attached hydrogens (tertiary/aromatic N) is 1. The molecule has 0 fully saturated rings. The van der Waals surface area contributed by atoms with Gasteiger partial charge in [0.15, 0.2) is 0 Å². The Morgan fingerprint density at radius 1 is 1.00 bits per heavy atom. The summed E-state index contributed by atoms with van der Waals surface area (Å²) in [5.41, 5.74) is 8.46. The third kappa shape index (κ3) is 3.56. The van der Waals surface area contributed by atoms with Crippen LogP contribution in [0.1, 0.15) is 45.6 Å². The molecule has 0 aliphatic heterocycles. The average molecular weight is 284 g/mol. The number of hydrogen-bond acceptors (Lipinski definition) is 2. The van der Waals surface area contributed by atoms with Crippen molar-refractivity contribution >= 4 is 16.5 Å². The smallest absolute Gasteiger partial charge is 0.0448 e. The lowest BCUT2D eigenvalue weighted by atomic mass is 10.0. The third-order valence-corrected chi connectivity index (χ3v) is 4.15. The zero-order valence-electron chi connectivity index (χ0n) is 13.6. The Bertz CT molecular complexity index is 575. The van der Waals surface area contributed by atoms with Crippen LogP contribution in [0, 0.1) is 0 Å². The number of benzene rings is 2. The molecule has 0 heterocycles. The molecule has 0 saturated carbocycles. The van der Waals surface area contributed by atoms with Crippen LogP contribution >= 0.6 is 0 Å². The second kappa shape index (κ2) is 7.46. The predicted octanol–water partition coefficient (Wildman–Crippen LogP) is 4.70. The summed E-state index contributed by atoms with van der Waals surface area (Å²) >= 11 is 0. The highest BCUT2D eigenvalue weighted by Gasteiger charge is 2.14. The van der Waals surface area contributed by atoms with Crippen LogP contribution in [-0.2, 0) is 6.54 Å². The van der Waals surface area contributed by atoms with E-state index in [1.54, 1.807) is 0 Å². The van der Waals surface area contributed by atoms with E-state index in [0.717, 1.165) is 6.54 Å². The normalized spacial score (nSPS) is 11.3. The number of anilines is 1. The molecule has 0 bridgehead atoms. The number of nitrogens with two attached hydrogens (primary N) is 1. The summed E-state index contributed by atoms with van der Waals surface area (Å²) in [5.74, 6) is 0. The minimum Gasteiger partial charge on any atom is -0.369 e. The van der Waals surface area contributed by atoms with E-state index in [4.69, 9.17) is 5.73 Å². The summed E-state index contributed by atoms with van der Waals surface area (Å²) in [6.45, 7) is 8.52. The van der Waals surface area contributed by atoms with Crippen molar-refractivity contribution in [2.75, 3.05) is 11.4 Å². The number of unbranched alkanes of at least 4 members (excludes halogenated alkanes) is 2. The molecule has 0 atom stereocenters. The summed E-state index contributed by atoms with van der Waals surface area (Å²) < 4.78 is 0. The summed E-state index contributed by atoms with van der Waals surface area (Å²) in [5, 5.41) is 2.62. The quantitative estimate of drug-likeness (QED) is 0.746. The van der Waals surface area contributed by atoms with Crippen LogP contribution in [0.15, 0.2) is 36.4 Å². The van der Waals surface area contributed by atoms with Crippen molar-refractivity contribution in [1.82, 2.24) is 0 Å². The lowest BCUT2D eigenvalue weighted by Crippen LogP contribution is -2.32. The Morgan fingerprint density at radius 3 is 2.33 bits per heavy atom. The van der Waals surface area contributed by atoms with Crippen molar-refractivity contribution in [3.05, 3.63) is 42.0 Å². The molecule has 0 spiro atoms. The largest absolute Gasteiger partial charge is 0.369 e. The minimum absolute atomic E-state index is 0.508. The van der Waals surface area contributed by atoms with Gasteiger partial charge in [-0.2, -0.15) is 0 Å². The van der Waals surface area contributed by atoms with Crippen LogP contribution in [-0.4, -0.2) is 12.6 Å². The molecular formula is C19H28N2. The van der Waals surface area contributed by atoms with Crippen LogP contribution in [0.3, 0.4) is 0 Å². The first kappa shape index (κ1) is 15.8. The van der Waals surface area contributed by atoms with Gasteiger partial charge in [-0.25, -0.2) is 0 Å². The standard InChI is InChI=1S/C19H28N2/c1-4-5-8-13-21(15(2)3)19-12-11-16(14-20)17-9-6-7-10-18(17)19/h6-7,9-12,15H,4-5,8,13-14,20H2,1-3H3. The molecule has 2 aromatic carbocycles. The fraction of sp³-hybridized carbons (Fsp3) is 0.474. The Hall–Kier alpha value is -1.54. The number of fused-ring (bicyclic) bond motifs is 1. The monoisotopic (exact) mass is 284 g/mol. The first-order valence-electron chi connectivity index (χ1n) is 8.16. The van der Waals surface area contributed by atoms with Gasteiger partial charge in [0.05, 0.1) is 0 Å². The Balaban J connectivity index is 2.43. The van der Waals surface area contributed by atoms with Crippen LogP contribution in [0.2, 0.25) is 0 Å². The summed E-state index contributed by atoms with van der Waals surface area (Å²) in [6, 6.07) is 13.6. The van der Waals surface area contributed by atoms with Gasteiger partial charge in [0.2, 0.25) is 0 Å². The van der Waals surface area contributed by atoms with Gasteiger partial charge in [0.1, 0.15) is 0 Å². The molecule has 2 N–H and O–H groups in total. The molecule has 114 valence electrons. The lowest BCUT2D eigenvalue weighted by molar-refractivity contribution is 0.627. The molecule has 2 aromatic rings. The molecule has 0 radical (unpaired) electrons. The second-order valence-electron chi connectivity index (χ2n) is 5.99. The second-order valence-corrected chi connectivity index (χ2v) is 5.99. The van der Waals surface area contributed by atoms with E-state index >= 15 is 0 Å². The van der Waals surface area contributed by atoms with Crippen molar-refractivity contribution in [3.63, 3.8) is 0 Å². The molecule has 2 heteroatoms. The molecule has 0 aliphatic carbocycles. The van der Waals surface area contributed by atoms with Crippen molar-refractivity contribution in [3.8, 4) is 0 Å². The van der Waals surface area contributed by atoms with E-state index in [9.17, 15) is 0 Å². The highest BCUT2D eigenvalue weighted by atomic mass is 15.1. The van der Waals surface area contributed by atoms with Crippen LogP contribution in [0.5, 0.6) is 0 Å². The summed E-state index contributed by atoms with van der Waals surface area (Å²) in [6.07, 6.45) is 3.81. The van der Waals surface area contributed by atoms with Crippen LogP contribution < -0.4 is 10.6 Å². The Morgan fingerprint density at radius 2 is 1.71 bits per heavy atom. The molecule has 0 aliphatic rings. The van der Waals surface area contributed by atoms with Gasteiger partial charge < -0.3 is 10.6 Å². The SMILES string of the molecule is CCCCCN(c1ccc(CN)c2ccccc12)C(C)C. The Labute approximate surface area is 128 Å². The van der Waals surface area contributed by atoms with E-state index < -0.39 is 0 Å². The zero-order valence-corrected chi connectivity index (χ0v) is 13.6. The highest BCUT2D eigenvalue weighted by molar-refractivity contribution is 5.96. The Kier molecular flexibility index (Phi) is 5.63. The van der Waals surface area contributed by atoms with E-state index in [1.165, 1.54) is 41.3 Å². The molecule has 2 nitrogen and oxygen atoms in total. The fourth-order valence-electron chi connectivity index (χ4n) is 2.96.